The van der Waals surface area contributed by atoms with E-state index in [1.807, 2.05) is 18.2 Å². The molecule has 1 fully saturated rings. The van der Waals surface area contributed by atoms with Crippen molar-refractivity contribution in [3.8, 4) is 5.75 Å². The fourth-order valence-electron chi connectivity index (χ4n) is 2.59. The summed E-state index contributed by atoms with van der Waals surface area (Å²) in [7, 11) is 1.73. The maximum Gasteiger partial charge on any atom is 0.123 e. The fraction of sp³-hybridized carbons (Fsp3) is 0.625. The molecule has 5 heteroatoms. The van der Waals surface area contributed by atoms with E-state index in [-0.39, 0.29) is 6.04 Å². The van der Waals surface area contributed by atoms with Crippen molar-refractivity contribution in [3.05, 3.63) is 28.8 Å². The van der Waals surface area contributed by atoms with Gasteiger partial charge >= 0.3 is 0 Å². The number of rotatable bonds is 5. The van der Waals surface area contributed by atoms with Crippen LogP contribution in [0, 0.1) is 0 Å². The molecule has 0 bridgehead atoms. The summed E-state index contributed by atoms with van der Waals surface area (Å²) in [5, 5.41) is 6.32. The fourth-order valence-corrected chi connectivity index (χ4v) is 5.88. The van der Waals surface area contributed by atoms with Crippen LogP contribution in [0.5, 0.6) is 5.75 Å². The summed E-state index contributed by atoms with van der Waals surface area (Å²) in [6.45, 7) is 7.73. The molecule has 2 rings (SSSR count). The quantitative estimate of drug-likeness (QED) is 0.839. The molecule has 1 N–H and O–H groups in total. The molecule has 0 saturated carbocycles. The maximum atomic E-state index is 6.21. The molecule has 1 aliphatic heterocycles. The van der Waals surface area contributed by atoms with E-state index in [2.05, 4.69) is 49.6 Å². The Labute approximate surface area is 141 Å². The van der Waals surface area contributed by atoms with Gasteiger partial charge in [0.05, 0.1) is 7.11 Å². The lowest BCUT2D eigenvalue weighted by molar-refractivity contribution is 0.399. The Morgan fingerprint density at radius 1 is 1.38 bits per heavy atom. The van der Waals surface area contributed by atoms with E-state index in [0.29, 0.717) is 10.5 Å². The highest BCUT2D eigenvalue weighted by molar-refractivity contribution is 8.07. The molecule has 0 amide bonds. The predicted octanol–water partition coefficient (Wildman–Crippen LogP) is 4.62. The van der Waals surface area contributed by atoms with Gasteiger partial charge in [0.15, 0.2) is 0 Å². The van der Waals surface area contributed by atoms with E-state index >= 15 is 0 Å². The summed E-state index contributed by atoms with van der Waals surface area (Å²) in [6.07, 6.45) is 0. The van der Waals surface area contributed by atoms with E-state index in [0.717, 1.165) is 28.3 Å². The van der Waals surface area contributed by atoms with Gasteiger partial charge in [-0.15, -0.1) is 0 Å². The molecule has 4 unspecified atom stereocenters. The molecule has 2 nitrogen and oxygen atoms in total. The highest BCUT2D eigenvalue weighted by Crippen LogP contribution is 2.43. The third kappa shape index (κ3) is 4.25. The van der Waals surface area contributed by atoms with E-state index in [9.17, 15) is 0 Å². The second-order valence-electron chi connectivity index (χ2n) is 5.34. The lowest BCUT2D eigenvalue weighted by atomic mass is 10.0. The van der Waals surface area contributed by atoms with Crippen molar-refractivity contribution < 1.29 is 4.74 Å². The summed E-state index contributed by atoms with van der Waals surface area (Å²) in [5.41, 5.74) is 1.17. The topological polar surface area (TPSA) is 21.3 Å². The average molecular weight is 346 g/mol. The number of methoxy groups -OCH3 is 1. The van der Waals surface area contributed by atoms with Gasteiger partial charge in [0.2, 0.25) is 0 Å². The minimum absolute atomic E-state index is 0.274. The van der Waals surface area contributed by atoms with Crippen LogP contribution in [0.2, 0.25) is 5.02 Å². The van der Waals surface area contributed by atoms with Gasteiger partial charge in [0.25, 0.3) is 0 Å². The average Bonchev–Trinajstić information content (AvgIpc) is 2.48. The van der Waals surface area contributed by atoms with Crippen LogP contribution < -0.4 is 10.1 Å². The zero-order valence-electron chi connectivity index (χ0n) is 13.1. The van der Waals surface area contributed by atoms with Gasteiger partial charge in [0, 0.05) is 38.1 Å². The monoisotopic (exact) mass is 345 g/mol. The smallest absolute Gasteiger partial charge is 0.123 e. The molecule has 0 aliphatic carbocycles. The molecular formula is C16H24ClNOS2. The summed E-state index contributed by atoms with van der Waals surface area (Å²) < 4.78 is 5.55. The normalized spacial score (nSPS) is 27.4. The zero-order valence-corrected chi connectivity index (χ0v) is 15.4. The highest BCUT2D eigenvalue weighted by Gasteiger charge is 2.33. The Kier molecular flexibility index (Phi) is 6.60. The number of hydrogen-bond donors (Lipinski definition) is 1. The number of halogens is 1. The summed E-state index contributed by atoms with van der Waals surface area (Å²) in [6, 6.07) is 6.17. The third-order valence-corrected chi connectivity index (χ3v) is 7.63. The van der Waals surface area contributed by atoms with E-state index < -0.39 is 0 Å². The minimum atomic E-state index is 0.274. The van der Waals surface area contributed by atoms with Crippen molar-refractivity contribution in [1.82, 2.24) is 5.32 Å². The van der Waals surface area contributed by atoms with Crippen LogP contribution in [0.3, 0.4) is 0 Å². The van der Waals surface area contributed by atoms with Crippen LogP contribution in [-0.4, -0.2) is 35.2 Å². The van der Waals surface area contributed by atoms with Crippen molar-refractivity contribution in [3.63, 3.8) is 0 Å². The largest absolute Gasteiger partial charge is 0.496 e. The summed E-state index contributed by atoms with van der Waals surface area (Å²) in [5.74, 6) is 2.07. The molecule has 21 heavy (non-hydrogen) atoms. The number of ether oxygens (including phenoxy) is 1. The number of benzene rings is 1. The Balaban J connectivity index is 2.28. The molecule has 1 aliphatic rings. The molecule has 1 aromatic rings. The van der Waals surface area contributed by atoms with E-state index in [4.69, 9.17) is 16.3 Å². The van der Waals surface area contributed by atoms with Crippen molar-refractivity contribution >= 4 is 35.1 Å². The lowest BCUT2D eigenvalue weighted by Gasteiger charge is -2.37. The second kappa shape index (κ2) is 8.00. The van der Waals surface area contributed by atoms with Crippen molar-refractivity contribution in [2.45, 2.75) is 42.6 Å². The Morgan fingerprint density at radius 3 is 2.76 bits per heavy atom. The van der Waals surface area contributed by atoms with Gasteiger partial charge in [0.1, 0.15) is 5.75 Å². The number of nitrogens with one attached hydrogen (secondary N) is 1. The first-order valence-corrected chi connectivity index (χ1v) is 9.77. The molecule has 0 radical (unpaired) electrons. The highest BCUT2D eigenvalue weighted by atomic mass is 35.5. The van der Waals surface area contributed by atoms with Gasteiger partial charge in [-0.05, 0) is 24.7 Å². The van der Waals surface area contributed by atoms with Crippen LogP contribution in [-0.2, 0) is 0 Å². The first-order chi connectivity index (χ1) is 10.1. The molecular weight excluding hydrogens is 322 g/mol. The summed E-state index contributed by atoms with van der Waals surface area (Å²) >= 11 is 10.4. The van der Waals surface area contributed by atoms with Gasteiger partial charge in [-0.2, -0.15) is 23.5 Å². The zero-order chi connectivity index (χ0) is 15.4. The van der Waals surface area contributed by atoms with Gasteiger partial charge in [-0.3, -0.25) is 0 Å². The van der Waals surface area contributed by atoms with Crippen LogP contribution in [0.1, 0.15) is 32.4 Å². The molecule has 0 spiro atoms. The molecule has 1 heterocycles. The Bertz CT molecular complexity index is 472. The van der Waals surface area contributed by atoms with Gasteiger partial charge in [-0.1, -0.05) is 32.4 Å². The van der Waals surface area contributed by atoms with Gasteiger partial charge < -0.3 is 10.1 Å². The number of thioether (sulfide) groups is 2. The van der Waals surface area contributed by atoms with Crippen LogP contribution in [0.15, 0.2) is 18.2 Å². The molecule has 4 atom stereocenters. The van der Waals surface area contributed by atoms with Gasteiger partial charge in [-0.25, -0.2) is 0 Å². The SMILES string of the molecule is CCNC(c1cc(Cl)ccc1OC)C1CSC(C)C(C)S1. The van der Waals surface area contributed by atoms with Crippen LogP contribution >= 0.6 is 35.1 Å². The standard InChI is InChI=1S/C16H24ClNOS2/c1-5-18-16(15-9-20-10(2)11(3)21-15)13-8-12(17)6-7-14(13)19-4/h6-8,10-11,15-16,18H,5,9H2,1-4H3. The van der Waals surface area contributed by atoms with Crippen LogP contribution in [0.4, 0.5) is 0 Å². The second-order valence-corrected chi connectivity index (χ2v) is 8.81. The molecule has 1 aromatic carbocycles. The van der Waals surface area contributed by atoms with Crippen molar-refractivity contribution in [2.75, 3.05) is 19.4 Å². The molecule has 0 aromatic heterocycles. The lowest BCUT2D eigenvalue weighted by Crippen LogP contribution is -2.37. The molecule has 1 saturated heterocycles. The predicted molar refractivity (Wildman–Crippen MR) is 97.2 cm³/mol. The van der Waals surface area contributed by atoms with E-state index in [1.165, 1.54) is 5.56 Å². The molecule has 118 valence electrons. The minimum Gasteiger partial charge on any atom is -0.496 e. The summed E-state index contributed by atoms with van der Waals surface area (Å²) in [4.78, 5) is 0. The maximum absolute atomic E-state index is 6.21. The van der Waals surface area contributed by atoms with Crippen molar-refractivity contribution in [1.29, 1.82) is 0 Å². The number of hydrogen-bond acceptors (Lipinski definition) is 4. The third-order valence-electron chi connectivity index (χ3n) is 3.90. The van der Waals surface area contributed by atoms with Crippen molar-refractivity contribution in [2.24, 2.45) is 0 Å². The Morgan fingerprint density at radius 2 is 2.14 bits per heavy atom. The van der Waals surface area contributed by atoms with E-state index in [1.54, 1.807) is 7.11 Å². The first kappa shape index (κ1) is 17.3. The first-order valence-electron chi connectivity index (χ1n) is 7.40. The van der Waals surface area contributed by atoms with Crippen LogP contribution in [0.25, 0.3) is 0 Å². The Hall–Kier alpha value is -0.0300.